The molecule has 1 saturated carbocycles. The zero-order valence-corrected chi connectivity index (χ0v) is 14.3. The number of sulfonamides is 1. The van der Waals surface area contributed by atoms with Gasteiger partial charge in [-0.05, 0) is 57.0 Å². The van der Waals surface area contributed by atoms with Crippen LogP contribution in [0.5, 0.6) is 0 Å². The summed E-state index contributed by atoms with van der Waals surface area (Å²) in [6.07, 6.45) is 9.15. The van der Waals surface area contributed by atoms with Gasteiger partial charge in [0.1, 0.15) is 0 Å². The van der Waals surface area contributed by atoms with Gasteiger partial charge in [0.05, 0.1) is 5.75 Å². The van der Waals surface area contributed by atoms with Crippen LogP contribution in [-0.4, -0.2) is 44.7 Å². The summed E-state index contributed by atoms with van der Waals surface area (Å²) < 4.78 is 26.7. The van der Waals surface area contributed by atoms with Crippen molar-refractivity contribution in [1.29, 1.82) is 0 Å². The number of hydrogen-bond acceptors (Lipinski definition) is 3. The highest BCUT2D eigenvalue weighted by Gasteiger charge is 2.35. The van der Waals surface area contributed by atoms with E-state index in [-0.39, 0.29) is 0 Å². The van der Waals surface area contributed by atoms with Crippen molar-refractivity contribution in [2.24, 2.45) is 11.8 Å². The Morgan fingerprint density at radius 1 is 1.05 bits per heavy atom. The van der Waals surface area contributed by atoms with Gasteiger partial charge in [-0.15, -0.1) is 0 Å². The van der Waals surface area contributed by atoms with Crippen LogP contribution < -0.4 is 5.32 Å². The van der Waals surface area contributed by atoms with E-state index >= 15 is 0 Å². The Morgan fingerprint density at radius 3 is 2.57 bits per heavy atom. The van der Waals surface area contributed by atoms with Crippen LogP contribution in [0.4, 0.5) is 0 Å². The fraction of sp³-hybridized carbons (Fsp3) is 1.00. The first-order valence-corrected chi connectivity index (χ1v) is 10.4. The molecule has 124 valence electrons. The lowest BCUT2D eigenvalue weighted by Gasteiger charge is -2.40. The third-order valence-corrected chi connectivity index (χ3v) is 7.00. The zero-order valence-electron chi connectivity index (χ0n) is 13.5. The van der Waals surface area contributed by atoms with E-state index in [1.54, 1.807) is 4.31 Å². The molecular formula is C16H32N2O2S. The molecule has 0 bridgehead atoms. The van der Waals surface area contributed by atoms with E-state index in [4.69, 9.17) is 0 Å². The summed E-state index contributed by atoms with van der Waals surface area (Å²) >= 11 is 0. The highest BCUT2D eigenvalue weighted by Crippen LogP contribution is 2.36. The molecular weight excluding hydrogens is 284 g/mol. The minimum absolute atomic E-state index is 0.332. The maximum atomic E-state index is 12.5. The van der Waals surface area contributed by atoms with Gasteiger partial charge in [-0.2, -0.15) is 0 Å². The number of fused-ring (bicyclic) bond motifs is 1. The molecule has 0 aromatic rings. The normalized spacial score (nSPS) is 27.5. The second-order valence-corrected chi connectivity index (χ2v) is 8.81. The SMILES string of the molecule is CCCNCCCCS(=O)(=O)N1CCC2CCCCC2C1. The summed E-state index contributed by atoms with van der Waals surface area (Å²) in [5, 5.41) is 3.33. The predicted molar refractivity (Wildman–Crippen MR) is 87.8 cm³/mol. The number of unbranched alkanes of at least 4 members (excludes halogenated alkanes) is 1. The zero-order chi connectivity index (χ0) is 15.1. The predicted octanol–water partition coefficient (Wildman–Crippen LogP) is 2.61. The minimum Gasteiger partial charge on any atom is -0.317 e. The maximum absolute atomic E-state index is 12.5. The molecule has 2 rings (SSSR count). The van der Waals surface area contributed by atoms with E-state index in [0.29, 0.717) is 11.7 Å². The lowest BCUT2D eigenvalue weighted by molar-refractivity contribution is 0.136. The fourth-order valence-corrected chi connectivity index (χ4v) is 5.41. The molecule has 0 amide bonds. The summed E-state index contributed by atoms with van der Waals surface area (Å²) in [5.41, 5.74) is 0. The Morgan fingerprint density at radius 2 is 1.81 bits per heavy atom. The molecule has 21 heavy (non-hydrogen) atoms. The van der Waals surface area contributed by atoms with Crippen molar-refractivity contribution >= 4 is 10.0 Å². The van der Waals surface area contributed by atoms with Crippen LogP contribution in [0.15, 0.2) is 0 Å². The van der Waals surface area contributed by atoms with Gasteiger partial charge in [-0.1, -0.05) is 26.2 Å². The van der Waals surface area contributed by atoms with Crippen molar-refractivity contribution in [3.8, 4) is 0 Å². The fourth-order valence-electron chi connectivity index (χ4n) is 3.79. The van der Waals surface area contributed by atoms with Crippen LogP contribution in [0, 0.1) is 11.8 Å². The van der Waals surface area contributed by atoms with E-state index in [1.807, 2.05) is 0 Å². The topological polar surface area (TPSA) is 49.4 Å². The molecule has 0 aromatic heterocycles. The summed E-state index contributed by atoms with van der Waals surface area (Å²) in [5.74, 6) is 1.76. The molecule has 1 saturated heterocycles. The first kappa shape index (κ1) is 17.2. The molecule has 1 N–H and O–H groups in total. The first-order chi connectivity index (χ1) is 10.1. The van der Waals surface area contributed by atoms with Crippen LogP contribution in [0.25, 0.3) is 0 Å². The van der Waals surface area contributed by atoms with Crippen LogP contribution in [0.3, 0.4) is 0 Å². The van der Waals surface area contributed by atoms with Gasteiger partial charge in [0.2, 0.25) is 10.0 Å². The molecule has 1 aliphatic heterocycles. The Bertz CT molecular complexity index is 397. The second-order valence-electron chi connectivity index (χ2n) is 6.72. The first-order valence-electron chi connectivity index (χ1n) is 8.82. The quantitative estimate of drug-likeness (QED) is 0.700. The monoisotopic (exact) mass is 316 g/mol. The summed E-state index contributed by atoms with van der Waals surface area (Å²) in [7, 11) is -3.02. The van der Waals surface area contributed by atoms with Crippen molar-refractivity contribution < 1.29 is 8.42 Å². The maximum Gasteiger partial charge on any atom is 0.214 e. The molecule has 1 heterocycles. The lowest BCUT2D eigenvalue weighted by Crippen LogP contribution is -2.45. The molecule has 2 aliphatic rings. The Hall–Kier alpha value is -0.130. The van der Waals surface area contributed by atoms with Gasteiger partial charge in [0.25, 0.3) is 0 Å². The highest BCUT2D eigenvalue weighted by atomic mass is 32.2. The number of nitrogens with one attached hydrogen (secondary N) is 1. The second kappa shape index (κ2) is 8.49. The molecule has 5 heteroatoms. The van der Waals surface area contributed by atoms with Gasteiger partial charge in [-0.25, -0.2) is 12.7 Å². The molecule has 4 nitrogen and oxygen atoms in total. The van der Waals surface area contributed by atoms with Crippen molar-refractivity contribution in [2.45, 2.75) is 58.3 Å². The number of piperidine rings is 1. The third-order valence-electron chi connectivity index (χ3n) is 5.08. The number of hydrogen-bond donors (Lipinski definition) is 1. The van der Waals surface area contributed by atoms with Crippen LogP contribution >= 0.6 is 0 Å². The van der Waals surface area contributed by atoms with Gasteiger partial charge in [0.15, 0.2) is 0 Å². The Balaban J connectivity index is 1.72. The van der Waals surface area contributed by atoms with Crippen molar-refractivity contribution in [3.63, 3.8) is 0 Å². The van der Waals surface area contributed by atoms with E-state index in [0.717, 1.165) is 57.8 Å². The summed E-state index contributed by atoms with van der Waals surface area (Å²) in [6.45, 7) is 5.67. The van der Waals surface area contributed by atoms with E-state index in [1.165, 1.54) is 25.7 Å². The standard InChI is InChI=1S/C16H32N2O2S/c1-2-10-17-11-5-6-13-21(19,20)18-12-9-15-7-3-4-8-16(15)14-18/h15-17H,2-14H2,1H3. The molecule has 2 fully saturated rings. The van der Waals surface area contributed by atoms with Crippen molar-refractivity contribution in [3.05, 3.63) is 0 Å². The van der Waals surface area contributed by atoms with Gasteiger partial charge in [0, 0.05) is 13.1 Å². The highest BCUT2D eigenvalue weighted by molar-refractivity contribution is 7.89. The third kappa shape index (κ3) is 5.22. The smallest absolute Gasteiger partial charge is 0.214 e. The van der Waals surface area contributed by atoms with Crippen molar-refractivity contribution in [1.82, 2.24) is 9.62 Å². The average molecular weight is 317 g/mol. The van der Waals surface area contributed by atoms with E-state index < -0.39 is 10.0 Å². The van der Waals surface area contributed by atoms with Crippen LogP contribution in [0.1, 0.15) is 58.3 Å². The molecule has 0 radical (unpaired) electrons. The average Bonchev–Trinajstić information content (AvgIpc) is 2.50. The number of nitrogens with zero attached hydrogens (tertiary/aromatic N) is 1. The van der Waals surface area contributed by atoms with E-state index in [2.05, 4.69) is 12.2 Å². The molecule has 2 atom stereocenters. The van der Waals surface area contributed by atoms with Gasteiger partial charge in [-0.3, -0.25) is 0 Å². The number of rotatable bonds is 8. The van der Waals surface area contributed by atoms with Crippen LogP contribution in [0.2, 0.25) is 0 Å². The Labute approximate surface area is 130 Å². The molecule has 0 spiro atoms. The summed E-state index contributed by atoms with van der Waals surface area (Å²) in [6, 6.07) is 0. The molecule has 2 unspecified atom stereocenters. The Kier molecular flexibility index (Phi) is 6.96. The van der Waals surface area contributed by atoms with Crippen LogP contribution in [-0.2, 0) is 10.0 Å². The minimum atomic E-state index is -3.02. The van der Waals surface area contributed by atoms with E-state index in [9.17, 15) is 8.42 Å². The molecule has 0 aromatic carbocycles. The largest absolute Gasteiger partial charge is 0.317 e. The summed E-state index contributed by atoms with van der Waals surface area (Å²) in [4.78, 5) is 0. The van der Waals surface area contributed by atoms with Gasteiger partial charge < -0.3 is 5.32 Å². The lowest BCUT2D eigenvalue weighted by atomic mass is 9.76. The van der Waals surface area contributed by atoms with Gasteiger partial charge >= 0.3 is 0 Å². The van der Waals surface area contributed by atoms with Crippen molar-refractivity contribution in [2.75, 3.05) is 31.9 Å². The molecule has 1 aliphatic carbocycles.